The van der Waals surface area contributed by atoms with Gasteiger partial charge in [0, 0.05) is 37.6 Å². The molecule has 5 rings (SSSR count). The molecule has 2 aromatic heterocycles. The highest BCUT2D eigenvalue weighted by Crippen LogP contribution is 2.49. The van der Waals surface area contributed by atoms with Crippen LogP contribution in [-0.2, 0) is 0 Å². The molecule has 0 amide bonds. The summed E-state index contributed by atoms with van der Waals surface area (Å²) in [5.74, 6) is 1.03. The lowest BCUT2D eigenvalue weighted by atomic mass is 9.95. The second-order valence-electron chi connectivity index (χ2n) is 8.65. The van der Waals surface area contributed by atoms with Gasteiger partial charge in [-0.05, 0) is 50.6 Å². The quantitative estimate of drug-likeness (QED) is 0.716. The van der Waals surface area contributed by atoms with E-state index in [1.54, 1.807) is 18.6 Å². The van der Waals surface area contributed by atoms with Crippen LogP contribution in [0, 0.1) is 5.92 Å². The molecule has 156 valence electrons. The first-order valence-corrected chi connectivity index (χ1v) is 10.1. The van der Waals surface area contributed by atoms with Gasteiger partial charge in [0.1, 0.15) is 11.9 Å². The Bertz CT molecular complexity index is 1060. The van der Waals surface area contributed by atoms with Crippen LogP contribution in [0.15, 0.2) is 49.1 Å². The van der Waals surface area contributed by atoms with Crippen LogP contribution in [0.4, 0.5) is 10.2 Å². The molecule has 1 aromatic carbocycles. The first-order valence-electron chi connectivity index (χ1n) is 10.1. The Hall–Kier alpha value is -3.00. The van der Waals surface area contributed by atoms with Gasteiger partial charge in [0.15, 0.2) is 5.82 Å². The third-order valence-electron chi connectivity index (χ3n) is 6.95. The van der Waals surface area contributed by atoms with E-state index < -0.39 is 11.7 Å². The van der Waals surface area contributed by atoms with Crippen molar-refractivity contribution in [1.29, 1.82) is 0 Å². The number of aromatic nitrogens is 4. The third-order valence-corrected chi connectivity index (χ3v) is 6.95. The maximum Gasteiger partial charge on any atom is 0.151 e. The second-order valence-corrected chi connectivity index (χ2v) is 8.65. The molecule has 4 atom stereocenters. The van der Waals surface area contributed by atoms with Gasteiger partial charge in [0.2, 0.25) is 0 Å². The van der Waals surface area contributed by atoms with Crippen molar-refractivity contribution < 1.29 is 9.50 Å². The van der Waals surface area contributed by atoms with E-state index in [9.17, 15) is 5.11 Å². The van der Waals surface area contributed by atoms with E-state index >= 15 is 4.39 Å². The van der Waals surface area contributed by atoms with Crippen LogP contribution < -0.4 is 4.90 Å². The number of anilines is 1. The molecule has 8 heteroatoms. The van der Waals surface area contributed by atoms with Crippen molar-refractivity contribution in [2.75, 3.05) is 25.5 Å². The molecule has 1 aliphatic carbocycles. The molecule has 0 radical (unpaired) electrons. The van der Waals surface area contributed by atoms with Crippen LogP contribution in [0.1, 0.15) is 13.3 Å². The Kier molecular flexibility index (Phi) is 4.28. The summed E-state index contributed by atoms with van der Waals surface area (Å²) in [6.07, 6.45) is 5.09. The molecule has 0 spiro atoms. The number of hydrogen-bond acceptors (Lipinski definition) is 6. The number of hydrogen-bond donors (Lipinski definition) is 1. The SMILES string of the molecule is CN(c1ccc(-c2ccc(-n3ccnc3)cc2O)nn1)[C@H]1[C@@H]2CN(C)[C@@](C)(C2)[C@@H]1F. The van der Waals surface area contributed by atoms with E-state index in [2.05, 4.69) is 20.1 Å². The maximum absolute atomic E-state index is 15.2. The summed E-state index contributed by atoms with van der Waals surface area (Å²) in [5.41, 5.74) is 1.57. The molecule has 2 bridgehead atoms. The Morgan fingerprint density at radius 3 is 2.67 bits per heavy atom. The number of rotatable bonds is 4. The van der Waals surface area contributed by atoms with Gasteiger partial charge in [0.25, 0.3) is 0 Å². The lowest BCUT2D eigenvalue weighted by Gasteiger charge is -2.42. The van der Waals surface area contributed by atoms with E-state index in [-0.39, 0.29) is 17.7 Å². The molecule has 0 unspecified atom stereocenters. The van der Waals surface area contributed by atoms with Gasteiger partial charge < -0.3 is 14.6 Å². The van der Waals surface area contributed by atoms with Gasteiger partial charge in [0.05, 0.1) is 29.3 Å². The number of fused-ring (bicyclic) bond motifs is 2. The van der Waals surface area contributed by atoms with Crippen molar-refractivity contribution in [2.24, 2.45) is 5.92 Å². The predicted octanol–water partition coefficient (Wildman–Crippen LogP) is 2.90. The summed E-state index contributed by atoms with van der Waals surface area (Å²) in [7, 11) is 3.89. The highest BCUT2D eigenvalue weighted by Gasteiger charge is 2.60. The number of likely N-dealkylation sites (tertiary alicyclic amines) is 1. The number of aromatic hydroxyl groups is 1. The summed E-state index contributed by atoms with van der Waals surface area (Å²) in [5, 5.41) is 19.1. The Morgan fingerprint density at radius 2 is 2.07 bits per heavy atom. The fraction of sp³-hybridized carbons (Fsp3) is 0.409. The topological polar surface area (TPSA) is 70.3 Å². The minimum absolute atomic E-state index is 0.115. The lowest BCUT2D eigenvalue weighted by molar-refractivity contribution is 0.0572. The predicted molar refractivity (Wildman–Crippen MR) is 112 cm³/mol. The molecule has 2 aliphatic rings. The average Bonchev–Trinajstić information content (AvgIpc) is 3.42. The average molecular weight is 408 g/mol. The number of alkyl halides is 1. The van der Waals surface area contributed by atoms with Crippen molar-refractivity contribution in [3.63, 3.8) is 0 Å². The maximum atomic E-state index is 15.2. The van der Waals surface area contributed by atoms with Crippen LogP contribution >= 0.6 is 0 Å². The van der Waals surface area contributed by atoms with Crippen LogP contribution in [-0.4, -0.2) is 68.1 Å². The molecular weight excluding hydrogens is 383 g/mol. The Balaban J connectivity index is 1.37. The summed E-state index contributed by atoms with van der Waals surface area (Å²) >= 11 is 0. The van der Waals surface area contributed by atoms with Crippen LogP contribution in [0.3, 0.4) is 0 Å². The number of imidazole rings is 1. The summed E-state index contributed by atoms with van der Waals surface area (Å²) in [6, 6.07) is 8.82. The number of benzene rings is 1. The number of nitrogens with zero attached hydrogens (tertiary/aromatic N) is 6. The number of phenols is 1. The minimum atomic E-state index is -0.938. The molecule has 7 nitrogen and oxygen atoms in total. The molecular formula is C22H25FN6O. The van der Waals surface area contributed by atoms with Gasteiger partial charge in [-0.1, -0.05) is 0 Å². The Morgan fingerprint density at radius 1 is 1.23 bits per heavy atom. The largest absolute Gasteiger partial charge is 0.507 e. The fourth-order valence-corrected chi connectivity index (χ4v) is 5.10. The zero-order valence-electron chi connectivity index (χ0n) is 17.3. The van der Waals surface area contributed by atoms with Crippen molar-refractivity contribution >= 4 is 5.82 Å². The van der Waals surface area contributed by atoms with Crippen molar-refractivity contribution in [3.05, 3.63) is 49.1 Å². The van der Waals surface area contributed by atoms with Gasteiger partial charge in [-0.3, -0.25) is 4.90 Å². The van der Waals surface area contributed by atoms with Crippen LogP contribution in [0.5, 0.6) is 5.75 Å². The monoisotopic (exact) mass is 408 g/mol. The second kappa shape index (κ2) is 6.77. The number of phenolic OH excluding ortho intramolecular Hbond substituents is 1. The molecule has 2 fully saturated rings. The highest BCUT2D eigenvalue weighted by molar-refractivity contribution is 5.69. The van der Waals surface area contributed by atoms with Crippen LogP contribution in [0.2, 0.25) is 0 Å². The van der Waals surface area contributed by atoms with E-state index in [0.29, 0.717) is 17.1 Å². The molecule has 1 saturated heterocycles. The normalized spacial score (nSPS) is 28.2. The van der Waals surface area contributed by atoms with E-state index in [4.69, 9.17) is 0 Å². The van der Waals surface area contributed by atoms with Crippen molar-refractivity contribution in [2.45, 2.75) is 31.1 Å². The first-order chi connectivity index (χ1) is 14.4. The summed E-state index contributed by atoms with van der Waals surface area (Å²) in [4.78, 5) is 8.08. The number of halogens is 1. The molecule has 1 saturated carbocycles. The lowest BCUT2D eigenvalue weighted by Crippen LogP contribution is -2.57. The Labute approximate surface area is 174 Å². The summed E-state index contributed by atoms with van der Waals surface area (Å²) < 4.78 is 17.0. The van der Waals surface area contributed by atoms with E-state index in [0.717, 1.165) is 18.7 Å². The smallest absolute Gasteiger partial charge is 0.151 e. The first kappa shape index (κ1) is 19.0. The van der Waals surface area contributed by atoms with Gasteiger partial charge >= 0.3 is 0 Å². The van der Waals surface area contributed by atoms with E-state index in [1.807, 2.05) is 60.9 Å². The van der Waals surface area contributed by atoms with Crippen LogP contribution in [0.25, 0.3) is 16.9 Å². The standard InChI is InChI=1S/C22H25FN6O/c1-22-11-14(12-27(22)2)20(21(22)23)28(3)19-7-6-17(25-26-19)16-5-4-15(10-18(16)30)29-9-8-24-13-29/h4-10,13-14,20-21,30H,11-12H2,1-3H3/t14-,20-,21+,22-/m0/s1. The van der Waals surface area contributed by atoms with Gasteiger partial charge in [-0.2, -0.15) is 0 Å². The molecule has 3 aromatic rings. The zero-order valence-corrected chi connectivity index (χ0v) is 17.3. The summed E-state index contributed by atoms with van der Waals surface area (Å²) in [6.45, 7) is 2.91. The molecule has 1 aliphatic heterocycles. The van der Waals surface area contributed by atoms with E-state index in [1.165, 1.54) is 0 Å². The van der Waals surface area contributed by atoms with Crippen molar-refractivity contribution in [3.8, 4) is 22.7 Å². The van der Waals surface area contributed by atoms with Gasteiger partial charge in [-0.25, -0.2) is 9.37 Å². The van der Waals surface area contributed by atoms with Gasteiger partial charge in [-0.15, -0.1) is 10.2 Å². The molecule has 30 heavy (non-hydrogen) atoms. The zero-order chi connectivity index (χ0) is 21.0. The highest BCUT2D eigenvalue weighted by atomic mass is 19.1. The fourth-order valence-electron chi connectivity index (χ4n) is 5.10. The number of piperidine rings is 1. The van der Waals surface area contributed by atoms with Crippen molar-refractivity contribution in [1.82, 2.24) is 24.6 Å². The molecule has 3 heterocycles. The minimum Gasteiger partial charge on any atom is -0.507 e. The third kappa shape index (κ3) is 2.78. The molecule has 1 N–H and O–H groups in total.